The molecule has 4 heteroatoms. The number of fused-ring (bicyclic) bond motifs is 1. The fraction of sp³-hybridized carbons (Fsp3) is 0.636. The molecule has 1 saturated carbocycles. The summed E-state index contributed by atoms with van der Waals surface area (Å²) in [7, 11) is 1.95. The molecule has 1 aliphatic heterocycles. The van der Waals surface area contributed by atoms with E-state index < -0.39 is 0 Å². The van der Waals surface area contributed by atoms with Crippen molar-refractivity contribution in [1.29, 1.82) is 0 Å². The summed E-state index contributed by atoms with van der Waals surface area (Å²) in [4.78, 5) is 9.28. The minimum absolute atomic E-state index is 0.863. The van der Waals surface area contributed by atoms with Crippen LogP contribution < -0.4 is 5.32 Å². The number of anilines is 1. The molecule has 0 bridgehead atoms. The van der Waals surface area contributed by atoms with Crippen LogP contribution in [0.2, 0.25) is 0 Å². The van der Waals surface area contributed by atoms with E-state index in [0.717, 1.165) is 35.5 Å². The van der Waals surface area contributed by atoms with Crippen molar-refractivity contribution in [2.24, 2.45) is 5.92 Å². The average molecular weight is 221 g/mol. The Hall–Kier alpha value is -0.770. The van der Waals surface area contributed by atoms with Gasteiger partial charge in [0.15, 0.2) is 0 Å². The Morgan fingerprint density at radius 1 is 1.33 bits per heavy atom. The minimum atomic E-state index is 0.863. The normalized spacial score (nSPS) is 19.0. The highest BCUT2D eigenvalue weighted by Crippen LogP contribution is 2.35. The van der Waals surface area contributed by atoms with Crippen molar-refractivity contribution < 1.29 is 0 Å². The lowest BCUT2D eigenvalue weighted by Crippen LogP contribution is -2.06. The van der Waals surface area contributed by atoms with Crippen LogP contribution in [-0.4, -0.2) is 17.0 Å². The molecule has 0 radical (unpaired) electrons. The quantitative estimate of drug-likeness (QED) is 0.849. The standard InChI is InChI=1S/C11H15N3S/c1-12-11-8-5-15-6-9(8)13-10(14-11)4-7-2-3-7/h7H,2-6H2,1H3,(H,12,13,14). The van der Waals surface area contributed by atoms with Gasteiger partial charge in [0.1, 0.15) is 11.6 Å². The van der Waals surface area contributed by atoms with E-state index in [-0.39, 0.29) is 0 Å². The summed E-state index contributed by atoms with van der Waals surface area (Å²) in [6.45, 7) is 0. The fourth-order valence-electron chi connectivity index (χ4n) is 1.98. The third kappa shape index (κ3) is 1.83. The lowest BCUT2D eigenvalue weighted by atomic mass is 10.2. The number of nitrogens with one attached hydrogen (secondary N) is 1. The van der Waals surface area contributed by atoms with Gasteiger partial charge in [0.2, 0.25) is 0 Å². The first kappa shape index (κ1) is 9.46. The molecule has 0 spiro atoms. The molecule has 0 saturated heterocycles. The molecule has 1 aromatic rings. The van der Waals surface area contributed by atoms with E-state index in [4.69, 9.17) is 0 Å². The molecule has 0 unspecified atom stereocenters. The van der Waals surface area contributed by atoms with E-state index in [1.54, 1.807) is 0 Å². The van der Waals surface area contributed by atoms with Gasteiger partial charge in [-0.3, -0.25) is 0 Å². The first-order chi connectivity index (χ1) is 7.36. The molecule has 3 rings (SSSR count). The number of thioether (sulfide) groups is 1. The maximum absolute atomic E-state index is 4.67. The summed E-state index contributed by atoms with van der Waals surface area (Å²) in [5.41, 5.74) is 2.58. The van der Waals surface area contributed by atoms with Gasteiger partial charge in [-0.2, -0.15) is 11.8 Å². The van der Waals surface area contributed by atoms with Crippen molar-refractivity contribution in [2.75, 3.05) is 12.4 Å². The van der Waals surface area contributed by atoms with Gasteiger partial charge >= 0.3 is 0 Å². The van der Waals surface area contributed by atoms with E-state index in [1.165, 1.54) is 24.1 Å². The van der Waals surface area contributed by atoms with Crippen LogP contribution in [0.15, 0.2) is 0 Å². The van der Waals surface area contributed by atoms with E-state index >= 15 is 0 Å². The molecule has 0 aromatic carbocycles. The topological polar surface area (TPSA) is 37.8 Å². The number of rotatable bonds is 3. The molecule has 15 heavy (non-hydrogen) atoms. The van der Waals surface area contributed by atoms with Gasteiger partial charge in [0.05, 0.1) is 5.69 Å². The van der Waals surface area contributed by atoms with Crippen molar-refractivity contribution in [3.8, 4) is 0 Å². The number of nitrogens with zero attached hydrogens (tertiary/aromatic N) is 2. The highest BCUT2D eigenvalue weighted by atomic mass is 32.2. The summed E-state index contributed by atoms with van der Waals surface area (Å²) >= 11 is 1.93. The average Bonchev–Trinajstić information content (AvgIpc) is 2.93. The van der Waals surface area contributed by atoms with Gasteiger partial charge in [0.25, 0.3) is 0 Å². The highest BCUT2D eigenvalue weighted by Gasteiger charge is 2.25. The molecular formula is C11H15N3S. The van der Waals surface area contributed by atoms with Crippen LogP contribution in [0.5, 0.6) is 0 Å². The summed E-state index contributed by atoms with van der Waals surface area (Å²) in [6.07, 6.45) is 3.81. The second-order valence-corrected chi connectivity index (χ2v) is 5.29. The van der Waals surface area contributed by atoms with Crippen LogP contribution >= 0.6 is 11.8 Å². The summed E-state index contributed by atoms with van der Waals surface area (Å²) in [5.74, 6) is 5.09. The van der Waals surface area contributed by atoms with Gasteiger partial charge < -0.3 is 5.32 Å². The van der Waals surface area contributed by atoms with Gasteiger partial charge in [0, 0.05) is 30.5 Å². The Bertz CT molecular complexity index is 388. The van der Waals surface area contributed by atoms with E-state index in [9.17, 15) is 0 Å². The molecule has 1 N–H and O–H groups in total. The molecule has 2 heterocycles. The second kappa shape index (κ2) is 3.67. The monoisotopic (exact) mass is 221 g/mol. The molecule has 3 nitrogen and oxygen atoms in total. The largest absolute Gasteiger partial charge is 0.373 e. The summed E-state index contributed by atoms with van der Waals surface area (Å²) in [5, 5.41) is 3.20. The third-order valence-corrected chi connectivity index (χ3v) is 4.00. The van der Waals surface area contributed by atoms with Gasteiger partial charge in [-0.25, -0.2) is 9.97 Å². The maximum Gasteiger partial charge on any atom is 0.133 e. The number of hydrogen-bond donors (Lipinski definition) is 1. The Morgan fingerprint density at radius 3 is 2.93 bits per heavy atom. The zero-order valence-corrected chi connectivity index (χ0v) is 9.73. The predicted octanol–water partition coefficient (Wildman–Crippen LogP) is 2.22. The highest BCUT2D eigenvalue weighted by molar-refractivity contribution is 7.98. The van der Waals surface area contributed by atoms with Crippen molar-refractivity contribution in [2.45, 2.75) is 30.8 Å². The molecule has 0 atom stereocenters. The first-order valence-corrected chi connectivity index (χ1v) is 6.66. The number of aromatic nitrogens is 2. The Balaban J connectivity index is 1.94. The lowest BCUT2D eigenvalue weighted by molar-refractivity contribution is 0.762. The van der Waals surface area contributed by atoms with Crippen molar-refractivity contribution >= 4 is 17.6 Å². The van der Waals surface area contributed by atoms with Gasteiger partial charge in [-0.1, -0.05) is 0 Å². The van der Waals surface area contributed by atoms with Crippen molar-refractivity contribution in [1.82, 2.24) is 9.97 Å². The molecule has 0 amide bonds. The molecule has 1 aromatic heterocycles. The van der Waals surface area contributed by atoms with Gasteiger partial charge in [-0.05, 0) is 18.8 Å². The zero-order chi connectivity index (χ0) is 10.3. The fourth-order valence-corrected chi connectivity index (χ4v) is 3.02. The van der Waals surface area contributed by atoms with Crippen LogP contribution in [0.25, 0.3) is 0 Å². The van der Waals surface area contributed by atoms with Gasteiger partial charge in [-0.15, -0.1) is 0 Å². The molecule has 1 fully saturated rings. The smallest absolute Gasteiger partial charge is 0.133 e. The molecular weight excluding hydrogens is 206 g/mol. The van der Waals surface area contributed by atoms with Crippen molar-refractivity contribution in [3.63, 3.8) is 0 Å². The van der Waals surface area contributed by atoms with Crippen LogP contribution in [0.1, 0.15) is 29.9 Å². The maximum atomic E-state index is 4.67. The van der Waals surface area contributed by atoms with E-state index in [0.29, 0.717) is 0 Å². The molecule has 1 aliphatic carbocycles. The first-order valence-electron chi connectivity index (χ1n) is 5.51. The summed E-state index contributed by atoms with van der Waals surface area (Å²) in [6, 6.07) is 0. The molecule has 80 valence electrons. The van der Waals surface area contributed by atoms with Crippen LogP contribution in [-0.2, 0) is 17.9 Å². The van der Waals surface area contributed by atoms with Crippen molar-refractivity contribution in [3.05, 3.63) is 17.1 Å². The third-order valence-electron chi connectivity index (χ3n) is 3.03. The van der Waals surface area contributed by atoms with Crippen LogP contribution in [0, 0.1) is 5.92 Å². The van der Waals surface area contributed by atoms with E-state index in [2.05, 4.69) is 15.3 Å². The lowest BCUT2D eigenvalue weighted by Gasteiger charge is -2.08. The predicted molar refractivity (Wildman–Crippen MR) is 63.0 cm³/mol. The second-order valence-electron chi connectivity index (χ2n) is 4.30. The SMILES string of the molecule is CNc1nc(CC2CC2)nc2c1CSC2. The molecule has 2 aliphatic rings. The van der Waals surface area contributed by atoms with E-state index in [1.807, 2.05) is 18.8 Å². The summed E-state index contributed by atoms with van der Waals surface area (Å²) < 4.78 is 0. The Morgan fingerprint density at radius 2 is 2.20 bits per heavy atom. The van der Waals surface area contributed by atoms with Crippen LogP contribution in [0.4, 0.5) is 5.82 Å². The Kier molecular flexibility index (Phi) is 2.31. The Labute approximate surface area is 94.1 Å². The number of hydrogen-bond acceptors (Lipinski definition) is 4. The minimum Gasteiger partial charge on any atom is -0.373 e. The zero-order valence-electron chi connectivity index (χ0n) is 8.92. The van der Waals surface area contributed by atoms with Crippen LogP contribution in [0.3, 0.4) is 0 Å².